The molecule has 0 saturated carbocycles. The van der Waals surface area contributed by atoms with Crippen LogP contribution in [0.2, 0.25) is 10.0 Å². The first-order valence-corrected chi connectivity index (χ1v) is 6.80. The van der Waals surface area contributed by atoms with E-state index in [9.17, 15) is 4.79 Å². The SMILES string of the molecule is O=C(c1ccc(Cl)c(Cl)c1)c1cscc1Br. The van der Waals surface area contributed by atoms with Crippen molar-refractivity contribution in [1.82, 2.24) is 0 Å². The predicted molar refractivity (Wildman–Crippen MR) is 71.9 cm³/mol. The molecule has 0 saturated heterocycles. The highest BCUT2D eigenvalue weighted by atomic mass is 79.9. The number of halogens is 3. The van der Waals surface area contributed by atoms with Gasteiger partial charge in [-0.1, -0.05) is 23.2 Å². The number of benzene rings is 1. The second kappa shape index (κ2) is 4.88. The van der Waals surface area contributed by atoms with Gasteiger partial charge in [0.2, 0.25) is 0 Å². The zero-order chi connectivity index (χ0) is 11.7. The third kappa shape index (κ3) is 2.33. The molecule has 0 aliphatic rings. The van der Waals surface area contributed by atoms with Crippen molar-refractivity contribution < 1.29 is 4.79 Å². The van der Waals surface area contributed by atoms with Gasteiger partial charge in [-0.3, -0.25) is 4.79 Å². The Morgan fingerprint density at radius 1 is 1.19 bits per heavy atom. The van der Waals surface area contributed by atoms with Gasteiger partial charge in [0.15, 0.2) is 5.78 Å². The molecule has 1 heterocycles. The normalized spacial score (nSPS) is 10.4. The summed E-state index contributed by atoms with van der Waals surface area (Å²) in [4.78, 5) is 12.1. The number of thiophene rings is 1. The summed E-state index contributed by atoms with van der Waals surface area (Å²) < 4.78 is 0.800. The first-order valence-electron chi connectivity index (χ1n) is 4.31. The lowest BCUT2D eigenvalue weighted by Crippen LogP contribution is -2.00. The number of carbonyl (C=O) groups is 1. The highest BCUT2D eigenvalue weighted by Gasteiger charge is 2.14. The molecule has 5 heteroatoms. The summed E-state index contributed by atoms with van der Waals surface area (Å²) >= 11 is 16.5. The Hall–Kier alpha value is -0.350. The average molecular weight is 336 g/mol. The molecular weight excluding hydrogens is 331 g/mol. The fourth-order valence-electron chi connectivity index (χ4n) is 1.24. The third-order valence-corrected chi connectivity index (χ3v) is 4.48. The molecule has 1 aromatic heterocycles. The molecule has 0 unspecified atom stereocenters. The van der Waals surface area contributed by atoms with Crippen LogP contribution in [0.15, 0.2) is 33.4 Å². The second-order valence-corrected chi connectivity index (χ2v) is 5.50. The number of carbonyl (C=O) groups excluding carboxylic acids is 1. The lowest BCUT2D eigenvalue weighted by atomic mass is 10.1. The van der Waals surface area contributed by atoms with E-state index in [1.165, 1.54) is 11.3 Å². The second-order valence-electron chi connectivity index (χ2n) is 3.09. The standard InChI is InChI=1S/C11H5BrCl2OS/c12-8-5-16-4-7(8)11(15)6-1-2-9(13)10(14)3-6/h1-5H. The Bertz CT molecular complexity index is 551. The van der Waals surface area contributed by atoms with E-state index in [0.29, 0.717) is 21.2 Å². The van der Waals surface area contributed by atoms with Crippen molar-refractivity contribution in [3.8, 4) is 0 Å². The van der Waals surface area contributed by atoms with Crippen LogP contribution < -0.4 is 0 Å². The van der Waals surface area contributed by atoms with Crippen molar-refractivity contribution in [2.75, 3.05) is 0 Å². The van der Waals surface area contributed by atoms with Gasteiger partial charge in [-0.2, -0.15) is 11.3 Å². The lowest BCUT2D eigenvalue weighted by Gasteiger charge is -2.01. The van der Waals surface area contributed by atoms with Crippen molar-refractivity contribution in [1.29, 1.82) is 0 Å². The van der Waals surface area contributed by atoms with Crippen LogP contribution in [0.3, 0.4) is 0 Å². The smallest absolute Gasteiger partial charge is 0.195 e. The Balaban J connectivity index is 2.42. The molecule has 2 aromatic rings. The van der Waals surface area contributed by atoms with Crippen molar-refractivity contribution in [2.24, 2.45) is 0 Å². The van der Waals surface area contributed by atoms with E-state index in [2.05, 4.69) is 15.9 Å². The summed E-state index contributed by atoms with van der Waals surface area (Å²) in [5.74, 6) is -0.0632. The molecule has 0 amide bonds. The van der Waals surface area contributed by atoms with Crippen LogP contribution in [0.25, 0.3) is 0 Å². The van der Waals surface area contributed by atoms with Gasteiger partial charge in [0.25, 0.3) is 0 Å². The molecule has 0 aliphatic carbocycles. The van der Waals surface area contributed by atoms with E-state index in [0.717, 1.165) is 4.47 Å². The van der Waals surface area contributed by atoms with Crippen molar-refractivity contribution in [3.05, 3.63) is 54.6 Å². The van der Waals surface area contributed by atoms with E-state index in [1.807, 2.05) is 5.38 Å². The maximum absolute atomic E-state index is 12.1. The number of hydrogen-bond donors (Lipinski definition) is 0. The third-order valence-electron chi connectivity index (χ3n) is 2.04. The molecule has 0 bridgehead atoms. The van der Waals surface area contributed by atoms with Gasteiger partial charge in [0.05, 0.1) is 10.0 Å². The molecule has 0 fully saturated rings. The topological polar surface area (TPSA) is 17.1 Å². The minimum atomic E-state index is -0.0632. The molecule has 0 aliphatic heterocycles. The summed E-state index contributed by atoms with van der Waals surface area (Å²) in [5, 5.41) is 4.50. The number of rotatable bonds is 2. The Morgan fingerprint density at radius 3 is 2.50 bits per heavy atom. The van der Waals surface area contributed by atoms with Gasteiger partial charge in [-0.25, -0.2) is 0 Å². The van der Waals surface area contributed by atoms with Gasteiger partial charge in [-0.05, 0) is 34.1 Å². The Kier molecular flexibility index (Phi) is 3.70. The quantitative estimate of drug-likeness (QED) is 0.702. The van der Waals surface area contributed by atoms with E-state index < -0.39 is 0 Å². The summed E-state index contributed by atoms with van der Waals surface area (Å²) in [7, 11) is 0. The molecule has 0 radical (unpaired) electrons. The Morgan fingerprint density at radius 2 is 1.94 bits per heavy atom. The number of ketones is 1. The van der Waals surface area contributed by atoms with Gasteiger partial charge in [0.1, 0.15) is 0 Å². The highest BCUT2D eigenvalue weighted by molar-refractivity contribution is 9.10. The van der Waals surface area contributed by atoms with Crippen LogP contribution in [0, 0.1) is 0 Å². The maximum Gasteiger partial charge on any atom is 0.195 e. The molecule has 1 nitrogen and oxygen atoms in total. The summed E-state index contributed by atoms with van der Waals surface area (Å²) in [6.07, 6.45) is 0. The highest BCUT2D eigenvalue weighted by Crippen LogP contribution is 2.27. The van der Waals surface area contributed by atoms with Gasteiger partial charge < -0.3 is 0 Å². The molecule has 0 spiro atoms. The Labute approximate surface area is 115 Å². The molecule has 82 valence electrons. The van der Waals surface area contributed by atoms with Crippen molar-refractivity contribution >= 4 is 56.3 Å². The fourth-order valence-corrected chi connectivity index (χ4v) is 2.99. The molecule has 0 N–H and O–H groups in total. The van der Waals surface area contributed by atoms with Crippen LogP contribution in [0.1, 0.15) is 15.9 Å². The van der Waals surface area contributed by atoms with E-state index in [-0.39, 0.29) is 5.78 Å². The fraction of sp³-hybridized carbons (Fsp3) is 0. The molecule has 2 rings (SSSR count). The van der Waals surface area contributed by atoms with Crippen LogP contribution in [0.5, 0.6) is 0 Å². The van der Waals surface area contributed by atoms with Crippen molar-refractivity contribution in [3.63, 3.8) is 0 Å². The van der Waals surface area contributed by atoms with E-state index >= 15 is 0 Å². The van der Waals surface area contributed by atoms with Crippen molar-refractivity contribution in [2.45, 2.75) is 0 Å². The molecule has 0 atom stereocenters. The molecular formula is C11H5BrCl2OS. The first kappa shape index (κ1) is 12.1. The summed E-state index contributed by atoms with van der Waals surface area (Å²) in [6, 6.07) is 4.87. The van der Waals surface area contributed by atoms with Gasteiger partial charge in [-0.15, -0.1) is 0 Å². The van der Waals surface area contributed by atoms with Gasteiger partial charge in [0, 0.05) is 26.4 Å². The average Bonchev–Trinajstić information content (AvgIpc) is 2.67. The first-order chi connectivity index (χ1) is 7.59. The maximum atomic E-state index is 12.1. The number of hydrogen-bond acceptors (Lipinski definition) is 2. The van der Waals surface area contributed by atoms with Crippen LogP contribution >= 0.6 is 50.5 Å². The van der Waals surface area contributed by atoms with Crippen LogP contribution in [-0.2, 0) is 0 Å². The van der Waals surface area contributed by atoms with Crippen LogP contribution in [0.4, 0.5) is 0 Å². The largest absolute Gasteiger partial charge is 0.289 e. The minimum Gasteiger partial charge on any atom is -0.289 e. The monoisotopic (exact) mass is 334 g/mol. The zero-order valence-electron chi connectivity index (χ0n) is 7.84. The lowest BCUT2D eigenvalue weighted by molar-refractivity contribution is 0.103. The van der Waals surface area contributed by atoms with Gasteiger partial charge >= 0.3 is 0 Å². The molecule has 16 heavy (non-hydrogen) atoms. The minimum absolute atomic E-state index is 0.0632. The zero-order valence-corrected chi connectivity index (χ0v) is 11.8. The van der Waals surface area contributed by atoms with Crippen LogP contribution in [-0.4, -0.2) is 5.78 Å². The predicted octanol–water partition coefficient (Wildman–Crippen LogP) is 5.05. The molecule has 1 aromatic carbocycles. The summed E-state index contributed by atoms with van der Waals surface area (Å²) in [5.41, 5.74) is 1.18. The van der Waals surface area contributed by atoms with E-state index in [4.69, 9.17) is 23.2 Å². The van der Waals surface area contributed by atoms with E-state index in [1.54, 1.807) is 23.6 Å². The summed E-state index contributed by atoms with van der Waals surface area (Å²) in [6.45, 7) is 0.